The van der Waals surface area contributed by atoms with Crippen LogP contribution in [-0.4, -0.2) is 33.7 Å². The van der Waals surface area contributed by atoms with Gasteiger partial charge >= 0.3 is 6.36 Å². The summed E-state index contributed by atoms with van der Waals surface area (Å²) in [6.45, 7) is 2.91. The highest BCUT2D eigenvalue weighted by atomic mass is 32.2. The molecule has 0 fully saturated rings. The zero-order valence-corrected chi connectivity index (χ0v) is 24.2. The number of hydrogen-bond donors (Lipinski definition) is 1. The molecule has 1 N–H and O–H groups in total. The lowest BCUT2D eigenvalue weighted by Crippen LogP contribution is -2.31. The molecule has 44 heavy (non-hydrogen) atoms. The molecule has 1 aliphatic heterocycles. The molecule has 11 heteroatoms. The number of hydrogen-bond acceptors (Lipinski definition) is 5. The highest BCUT2D eigenvalue weighted by Gasteiger charge is 2.34. The van der Waals surface area contributed by atoms with Crippen molar-refractivity contribution >= 4 is 68.0 Å². The number of alkyl halides is 3. The fourth-order valence-electron chi connectivity index (χ4n) is 5.16. The van der Waals surface area contributed by atoms with Crippen LogP contribution in [0.1, 0.15) is 12.5 Å². The summed E-state index contributed by atoms with van der Waals surface area (Å²) in [5.41, 5.74) is 3.65. The second-order valence-corrected chi connectivity index (χ2v) is 10.8. The third kappa shape index (κ3) is 5.91. The fourth-order valence-corrected chi connectivity index (χ4v) is 5.97. The topological polar surface area (TPSA) is 75.9 Å². The van der Waals surface area contributed by atoms with E-state index in [-0.39, 0.29) is 28.2 Å². The minimum atomic E-state index is -4.91. The number of para-hydroxylation sites is 4. The molecule has 0 radical (unpaired) electrons. The van der Waals surface area contributed by atoms with Crippen molar-refractivity contribution < 1.29 is 27.5 Å². The number of amides is 2. The molecule has 2 amide bonds. The van der Waals surface area contributed by atoms with Gasteiger partial charge in [0.05, 0.1) is 17.1 Å². The Morgan fingerprint density at radius 2 is 1.64 bits per heavy atom. The van der Waals surface area contributed by atoms with Gasteiger partial charge in [-0.25, -0.2) is 4.99 Å². The molecule has 0 saturated heterocycles. The van der Waals surface area contributed by atoms with E-state index >= 15 is 0 Å². The number of fused-ring (bicyclic) bond motifs is 3. The van der Waals surface area contributed by atoms with Crippen molar-refractivity contribution in [3.63, 3.8) is 0 Å². The molecule has 0 unspecified atom stereocenters. The maximum absolute atomic E-state index is 13.7. The summed E-state index contributed by atoms with van der Waals surface area (Å²) in [5.74, 6) is -1.70. The van der Waals surface area contributed by atoms with Crippen molar-refractivity contribution in [3.8, 4) is 5.75 Å². The Morgan fingerprint density at radius 1 is 0.932 bits per heavy atom. The molecule has 6 rings (SSSR count). The van der Waals surface area contributed by atoms with Gasteiger partial charge in [0.1, 0.15) is 5.70 Å². The van der Waals surface area contributed by atoms with E-state index in [1.807, 2.05) is 36.4 Å². The predicted octanol–water partition coefficient (Wildman–Crippen LogP) is 7.83. The number of ether oxygens (including phenoxy) is 1. The average Bonchev–Trinajstić information content (AvgIpc) is 3.50. The second-order valence-electron chi connectivity index (χ2n) is 9.82. The van der Waals surface area contributed by atoms with Crippen LogP contribution in [0.25, 0.3) is 27.9 Å². The molecule has 7 nitrogen and oxygen atoms in total. The van der Waals surface area contributed by atoms with Crippen LogP contribution < -0.4 is 15.0 Å². The number of nitrogens with one attached hydrogen (secondary N) is 1. The SMILES string of the molecule is CCn1c2ccccc2c2cc(C=C3N=C(SCC(=O)Nc4ccccc4OC(F)(F)F)N(c4ccccc4)C3=O)ccc21. The summed E-state index contributed by atoms with van der Waals surface area (Å²) < 4.78 is 44.7. The molecule has 5 aromatic rings. The van der Waals surface area contributed by atoms with Gasteiger partial charge in [-0.1, -0.05) is 66.4 Å². The molecule has 0 saturated carbocycles. The Balaban J connectivity index is 1.28. The summed E-state index contributed by atoms with van der Waals surface area (Å²) in [4.78, 5) is 32.5. The van der Waals surface area contributed by atoms with Crippen molar-refractivity contribution in [3.05, 3.63) is 108 Å². The van der Waals surface area contributed by atoms with Crippen LogP contribution in [0.5, 0.6) is 5.75 Å². The molecule has 0 atom stereocenters. The van der Waals surface area contributed by atoms with Gasteiger partial charge in [-0.3, -0.25) is 14.5 Å². The monoisotopic (exact) mass is 614 g/mol. The number of anilines is 2. The van der Waals surface area contributed by atoms with Crippen molar-refractivity contribution in [1.82, 2.24) is 4.57 Å². The maximum Gasteiger partial charge on any atom is 0.573 e. The van der Waals surface area contributed by atoms with Crippen molar-refractivity contribution in [2.75, 3.05) is 16.0 Å². The van der Waals surface area contributed by atoms with Gasteiger partial charge in [-0.15, -0.1) is 13.2 Å². The van der Waals surface area contributed by atoms with E-state index in [0.717, 1.165) is 51.7 Å². The van der Waals surface area contributed by atoms with Gasteiger partial charge in [0.25, 0.3) is 5.91 Å². The standard InChI is InChI=1S/C33H25F3N4O3S/c1-2-39-27-14-8-6-12-23(27)24-18-21(16-17-28(24)39)19-26-31(42)40(22-10-4-3-5-11-22)32(38-26)44-20-30(41)37-25-13-7-9-15-29(25)43-33(34,35)36/h3-19H,2,20H2,1H3,(H,37,41). The maximum atomic E-state index is 13.7. The highest BCUT2D eigenvalue weighted by molar-refractivity contribution is 8.14. The van der Waals surface area contributed by atoms with Crippen LogP contribution in [0.4, 0.5) is 24.5 Å². The number of nitrogens with zero attached hydrogens (tertiary/aromatic N) is 3. The van der Waals surface area contributed by atoms with Gasteiger partial charge in [-0.05, 0) is 61.0 Å². The first-order valence-electron chi connectivity index (χ1n) is 13.7. The third-order valence-corrected chi connectivity index (χ3v) is 7.92. The number of aromatic nitrogens is 1. The lowest BCUT2D eigenvalue weighted by molar-refractivity contribution is -0.274. The molecule has 1 aromatic heterocycles. The Hall–Kier alpha value is -5.03. The van der Waals surface area contributed by atoms with Gasteiger partial charge < -0.3 is 14.6 Å². The van der Waals surface area contributed by atoms with Gasteiger partial charge in [0.2, 0.25) is 5.91 Å². The minimum absolute atomic E-state index is 0.125. The van der Waals surface area contributed by atoms with E-state index in [9.17, 15) is 22.8 Å². The molecular formula is C33H25F3N4O3S. The number of carbonyl (C=O) groups is 2. The Bertz CT molecular complexity index is 1950. The number of aryl methyl sites for hydroxylation is 1. The predicted molar refractivity (Wildman–Crippen MR) is 169 cm³/mol. The first kappa shape index (κ1) is 29.1. The van der Waals surface area contributed by atoms with Gasteiger partial charge in [0, 0.05) is 28.4 Å². The molecule has 0 bridgehead atoms. The summed E-state index contributed by atoms with van der Waals surface area (Å²) in [6, 6.07) is 28.4. The number of carbonyl (C=O) groups excluding carboxylic acids is 2. The van der Waals surface area contributed by atoms with Crippen LogP contribution in [0.2, 0.25) is 0 Å². The molecule has 4 aromatic carbocycles. The summed E-state index contributed by atoms with van der Waals surface area (Å²) in [6.07, 6.45) is -3.20. The first-order chi connectivity index (χ1) is 21.2. The fraction of sp³-hybridized carbons (Fsp3) is 0.121. The van der Waals surface area contributed by atoms with Gasteiger partial charge in [-0.2, -0.15) is 0 Å². The number of aliphatic imine (C=N–C) groups is 1. The van der Waals surface area contributed by atoms with Crippen LogP contribution in [0.3, 0.4) is 0 Å². The van der Waals surface area contributed by atoms with Crippen LogP contribution in [0, 0.1) is 0 Å². The Labute approximate surface area is 254 Å². The number of benzene rings is 4. The number of thioether (sulfide) groups is 1. The Morgan fingerprint density at radius 3 is 2.41 bits per heavy atom. The van der Waals surface area contributed by atoms with Crippen LogP contribution in [-0.2, 0) is 16.1 Å². The highest BCUT2D eigenvalue weighted by Crippen LogP contribution is 2.34. The number of amidine groups is 1. The lowest BCUT2D eigenvalue weighted by Gasteiger charge is -2.18. The molecular weight excluding hydrogens is 589 g/mol. The van der Waals surface area contributed by atoms with E-state index in [1.165, 1.54) is 23.1 Å². The summed E-state index contributed by atoms with van der Waals surface area (Å²) in [5, 5.41) is 4.90. The Kier molecular flexibility index (Phi) is 7.88. The normalized spacial score (nSPS) is 14.5. The van der Waals surface area contributed by atoms with Crippen LogP contribution in [0.15, 0.2) is 108 Å². The first-order valence-corrected chi connectivity index (χ1v) is 14.7. The molecule has 0 aliphatic carbocycles. The number of rotatable bonds is 7. The average molecular weight is 615 g/mol. The van der Waals surface area contributed by atoms with E-state index in [0.29, 0.717) is 5.69 Å². The molecule has 2 heterocycles. The second kappa shape index (κ2) is 11.9. The summed E-state index contributed by atoms with van der Waals surface area (Å²) >= 11 is 0.998. The minimum Gasteiger partial charge on any atom is -0.404 e. The van der Waals surface area contributed by atoms with E-state index in [4.69, 9.17) is 0 Å². The van der Waals surface area contributed by atoms with E-state index < -0.39 is 18.0 Å². The van der Waals surface area contributed by atoms with Crippen LogP contribution >= 0.6 is 11.8 Å². The quantitative estimate of drug-likeness (QED) is 0.190. The van der Waals surface area contributed by atoms with Gasteiger partial charge in [0.15, 0.2) is 10.9 Å². The van der Waals surface area contributed by atoms with Crippen molar-refractivity contribution in [2.24, 2.45) is 4.99 Å². The van der Waals surface area contributed by atoms with Crippen molar-refractivity contribution in [2.45, 2.75) is 19.8 Å². The molecule has 222 valence electrons. The number of halogens is 3. The smallest absolute Gasteiger partial charge is 0.404 e. The summed E-state index contributed by atoms with van der Waals surface area (Å²) in [7, 11) is 0. The van der Waals surface area contributed by atoms with E-state index in [1.54, 1.807) is 30.3 Å². The lowest BCUT2D eigenvalue weighted by atomic mass is 10.1. The molecule has 0 spiro atoms. The van der Waals surface area contributed by atoms with Crippen molar-refractivity contribution in [1.29, 1.82) is 0 Å². The van der Waals surface area contributed by atoms with E-state index in [2.05, 4.69) is 38.7 Å². The zero-order valence-electron chi connectivity index (χ0n) is 23.3. The molecule has 1 aliphatic rings. The third-order valence-electron chi connectivity index (χ3n) is 6.98. The zero-order chi connectivity index (χ0) is 30.8. The largest absolute Gasteiger partial charge is 0.573 e.